The highest BCUT2D eigenvalue weighted by molar-refractivity contribution is 5.81. The van der Waals surface area contributed by atoms with E-state index in [9.17, 15) is 9.59 Å². The van der Waals surface area contributed by atoms with Crippen LogP contribution in [0.25, 0.3) is 0 Å². The smallest absolute Gasteiger partial charge is 0.410 e. The molecule has 5 nitrogen and oxygen atoms in total. The third kappa shape index (κ3) is 18.1. The van der Waals surface area contributed by atoms with E-state index in [0.717, 1.165) is 38.5 Å². The molecular formula is C31H61NO4. The number of amides is 1. The van der Waals surface area contributed by atoms with Crippen LogP contribution in [0.3, 0.4) is 0 Å². The topological polar surface area (TPSA) is 55.8 Å². The fraction of sp³-hybridized carbons (Fsp3) is 0.935. The molecule has 0 N–H and O–H groups in total. The van der Waals surface area contributed by atoms with Gasteiger partial charge in [-0.3, -0.25) is 4.90 Å². The molecule has 2 unspecified atom stereocenters. The van der Waals surface area contributed by atoms with E-state index >= 15 is 0 Å². The first-order chi connectivity index (χ1) is 17.4. The molecule has 0 saturated heterocycles. The van der Waals surface area contributed by atoms with Gasteiger partial charge in [-0.25, -0.2) is 9.59 Å². The monoisotopic (exact) mass is 511 g/mol. The molecule has 2 atom stereocenters. The largest absolute Gasteiger partial charge is 0.464 e. The predicted molar refractivity (Wildman–Crippen MR) is 152 cm³/mol. The van der Waals surface area contributed by atoms with Crippen molar-refractivity contribution in [2.75, 3.05) is 20.3 Å². The molecule has 0 heterocycles. The SMILES string of the molecule is CCCCCCCCCCCCCCCCOC(=O)C(C(C)C)N(C)C(=O)OCC(CC)CCCC. The van der Waals surface area contributed by atoms with Crippen molar-refractivity contribution in [1.29, 1.82) is 0 Å². The van der Waals surface area contributed by atoms with E-state index in [4.69, 9.17) is 9.47 Å². The minimum atomic E-state index is -0.611. The molecular weight excluding hydrogens is 450 g/mol. The van der Waals surface area contributed by atoms with Crippen LogP contribution in [0.15, 0.2) is 0 Å². The van der Waals surface area contributed by atoms with E-state index in [0.29, 0.717) is 19.1 Å². The lowest BCUT2D eigenvalue weighted by atomic mass is 10.0. The summed E-state index contributed by atoms with van der Waals surface area (Å²) in [6, 6.07) is -0.611. The molecule has 0 radical (unpaired) electrons. The Morgan fingerprint density at radius 2 is 1.14 bits per heavy atom. The van der Waals surface area contributed by atoms with Crippen LogP contribution in [0.4, 0.5) is 4.79 Å². The fourth-order valence-corrected chi connectivity index (χ4v) is 4.73. The highest BCUT2D eigenvalue weighted by Crippen LogP contribution is 2.17. The number of hydrogen-bond acceptors (Lipinski definition) is 4. The first-order valence-electron chi connectivity index (χ1n) is 15.4. The summed E-state index contributed by atoms with van der Waals surface area (Å²) >= 11 is 0. The molecule has 1 amide bonds. The van der Waals surface area contributed by atoms with Gasteiger partial charge in [0.05, 0.1) is 13.2 Å². The van der Waals surface area contributed by atoms with Crippen molar-refractivity contribution in [3.63, 3.8) is 0 Å². The Labute approximate surface area is 224 Å². The van der Waals surface area contributed by atoms with Crippen LogP contribution in [0.2, 0.25) is 0 Å². The van der Waals surface area contributed by atoms with Gasteiger partial charge in [0, 0.05) is 7.05 Å². The summed E-state index contributed by atoms with van der Waals surface area (Å²) in [6.07, 6.45) is 22.1. The maximum Gasteiger partial charge on any atom is 0.410 e. The van der Waals surface area contributed by atoms with Crippen LogP contribution in [0.5, 0.6) is 0 Å². The molecule has 0 aliphatic heterocycles. The second-order valence-corrected chi connectivity index (χ2v) is 11.1. The molecule has 0 spiro atoms. The van der Waals surface area contributed by atoms with E-state index in [-0.39, 0.29) is 11.9 Å². The molecule has 0 aromatic carbocycles. The Balaban J connectivity index is 3.99. The van der Waals surface area contributed by atoms with Gasteiger partial charge in [0.1, 0.15) is 6.04 Å². The summed E-state index contributed by atoms with van der Waals surface area (Å²) in [5.74, 6) is 0.0256. The number of rotatable bonds is 24. The minimum Gasteiger partial charge on any atom is -0.464 e. The summed E-state index contributed by atoms with van der Waals surface area (Å²) in [5.41, 5.74) is 0. The molecule has 0 aromatic heterocycles. The van der Waals surface area contributed by atoms with Gasteiger partial charge in [-0.05, 0) is 24.7 Å². The van der Waals surface area contributed by atoms with Crippen LogP contribution in [0.1, 0.15) is 150 Å². The van der Waals surface area contributed by atoms with Gasteiger partial charge in [-0.1, -0.05) is 137 Å². The fourth-order valence-electron chi connectivity index (χ4n) is 4.73. The number of carbonyl (C=O) groups is 2. The van der Waals surface area contributed by atoms with Gasteiger partial charge in [-0.2, -0.15) is 0 Å². The Morgan fingerprint density at radius 1 is 0.667 bits per heavy atom. The summed E-state index contributed by atoms with van der Waals surface area (Å²) in [5, 5.41) is 0. The molecule has 0 fully saturated rings. The average molecular weight is 512 g/mol. The number of nitrogens with zero attached hydrogens (tertiary/aromatic N) is 1. The van der Waals surface area contributed by atoms with Crippen molar-refractivity contribution in [1.82, 2.24) is 4.90 Å². The van der Waals surface area contributed by atoms with Crippen LogP contribution < -0.4 is 0 Å². The van der Waals surface area contributed by atoms with Gasteiger partial charge >= 0.3 is 12.1 Å². The molecule has 0 saturated carbocycles. The lowest BCUT2D eigenvalue weighted by Crippen LogP contribution is -2.47. The lowest BCUT2D eigenvalue weighted by Gasteiger charge is -2.29. The number of hydrogen-bond donors (Lipinski definition) is 0. The molecule has 0 aromatic rings. The Hall–Kier alpha value is -1.26. The first kappa shape index (κ1) is 34.7. The van der Waals surface area contributed by atoms with Crippen LogP contribution in [0, 0.1) is 11.8 Å². The summed E-state index contributed by atoms with van der Waals surface area (Å²) < 4.78 is 11.1. The zero-order valence-corrected chi connectivity index (χ0v) is 25.0. The molecule has 36 heavy (non-hydrogen) atoms. The van der Waals surface area contributed by atoms with Crippen LogP contribution in [-0.2, 0) is 14.3 Å². The number of unbranched alkanes of at least 4 members (excludes halogenated alkanes) is 14. The van der Waals surface area contributed by atoms with Gasteiger partial charge < -0.3 is 9.47 Å². The van der Waals surface area contributed by atoms with Crippen molar-refractivity contribution in [2.24, 2.45) is 11.8 Å². The summed E-state index contributed by atoms with van der Waals surface area (Å²) in [4.78, 5) is 26.7. The Bertz CT molecular complexity index is 523. The summed E-state index contributed by atoms with van der Waals surface area (Å²) in [6.45, 7) is 11.3. The first-order valence-corrected chi connectivity index (χ1v) is 15.4. The van der Waals surface area contributed by atoms with E-state index < -0.39 is 12.1 Å². The molecule has 0 aliphatic rings. The van der Waals surface area contributed by atoms with Crippen molar-refractivity contribution >= 4 is 12.1 Å². The lowest BCUT2D eigenvalue weighted by molar-refractivity contribution is -0.150. The zero-order chi connectivity index (χ0) is 27.0. The van der Waals surface area contributed by atoms with E-state index in [1.807, 2.05) is 13.8 Å². The predicted octanol–water partition coefficient (Wildman–Crippen LogP) is 9.32. The number of esters is 1. The number of ether oxygens (including phenoxy) is 2. The second-order valence-electron chi connectivity index (χ2n) is 11.1. The quantitative estimate of drug-likeness (QED) is 0.0956. The Kier molecular flexibility index (Phi) is 23.3. The maximum absolute atomic E-state index is 12.7. The number of carbonyl (C=O) groups excluding carboxylic acids is 2. The highest BCUT2D eigenvalue weighted by atomic mass is 16.6. The third-order valence-corrected chi connectivity index (χ3v) is 7.31. The van der Waals surface area contributed by atoms with Crippen LogP contribution >= 0.6 is 0 Å². The van der Waals surface area contributed by atoms with Gasteiger partial charge in [-0.15, -0.1) is 0 Å². The average Bonchev–Trinajstić information content (AvgIpc) is 2.86. The molecule has 214 valence electrons. The summed E-state index contributed by atoms with van der Waals surface area (Å²) in [7, 11) is 1.65. The standard InChI is InChI=1S/C31H61NO4/c1-7-10-12-13-14-15-16-17-18-19-20-21-22-23-25-35-30(33)29(27(4)5)32(6)31(34)36-26-28(9-3)24-11-8-2/h27-29H,7-26H2,1-6H3. The van der Waals surface area contributed by atoms with Crippen molar-refractivity contribution < 1.29 is 19.1 Å². The van der Waals surface area contributed by atoms with E-state index in [2.05, 4.69) is 20.8 Å². The van der Waals surface area contributed by atoms with Gasteiger partial charge in [0.15, 0.2) is 0 Å². The minimum absolute atomic E-state index is 0.0338. The zero-order valence-electron chi connectivity index (χ0n) is 25.0. The normalized spacial score (nSPS) is 13.0. The van der Waals surface area contributed by atoms with E-state index in [1.54, 1.807) is 7.05 Å². The highest BCUT2D eigenvalue weighted by Gasteiger charge is 2.32. The van der Waals surface area contributed by atoms with Gasteiger partial charge in [0.2, 0.25) is 0 Å². The van der Waals surface area contributed by atoms with Gasteiger partial charge in [0.25, 0.3) is 0 Å². The van der Waals surface area contributed by atoms with Crippen molar-refractivity contribution in [3.05, 3.63) is 0 Å². The molecule has 0 aliphatic carbocycles. The molecule has 0 bridgehead atoms. The van der Waals surface area contributed by atoms with Crippen molar-refractivity contribution in [3.8, 4) is 0 Å². The molecule has 5 heteroatoms. The van der Waals surface area contributed by atoms with Crippen LogP contribution in [-0.4, -0.2) is 43.3 Å². The van der Waals surface area contributed by atoms with E-state index in [1.165, 1.54) is 81.9 Å². The third-order valence-electron chi connectivity index (χ3n) is 7.31. The molecule has 0 rings (SSSR count). The van der Waals surface area contributed by atoms with Crippen molar-refractivity contribution in [2.45, 2.75) is 156 Å². The maximum atomic E-state index is 12.7. The second kappa shape index (κ2) is 24.1. The Morgan fingerprint density at radius 3 is 1.58 bits per heavy atom. The number of likely N-dealkylation sites (N-methyl/N-ethyl adjacent to an activating group) is 1.